The van der Waals surface area contributed by atoms with Gasteiger partial charge in [0, 0.05) is 24.6 Å². The Morgan fingerprint density at radius 2 is 2.13 bits per heavy atom. The number of ether oxygens (including phenoxy) is 2. The Morgan fingerprint density at radius 3 is 2.70 bits per heavy atom. The van der Waals surface area contributed by atoms with Gasteiger partial charge in [0.2, 0.25) is 0 Å². The molecule has 23 heavy (non-hydrogen) atoms. The van der Waals surface area contributed by atoms with Crippen LogP contribution >= 0.6 is 0 Å². The average molecular weight is 315 g/mol. The summed E-state index contributed by atoms with van der Waals surface area (Å²) in [7, 11) is 2.77. The van der Waals surface area contributed by atoms with Crippen molar-refractivity contribution in [3.05, 3.63) is 41.2 Å². The average Bonchev–Trinajstić information content (AvgIpc) is 2.90. The summed E-state index contributed by atoms with van der Waals surface area (Å²) >= 11 is 0. The third-order valence-electron chi connectivity index (χ3n) is 3.41. The monoisotopic (exact) mass is 315 g/mol. The second-order valence-corrected chi connectivity index (χ2v) is 4.79. The quantitative estimate of drug-likeness (QED) is 0.804. The summed E-state index contributed by atoms with van der Waals surface area (Å²) in [4.78, 5) is 12.0. The van der Waals surface area contributed by atoms with Gasteiger partial charge in [0.05, 0.1) is 25.5 Å². The van der Waals surface area contributed by atoms with E-state index in [-0.39, 0.29) is 23.6 Å². The number of nitrogens with zero attached hydrogens (tertiary/aromatic N) is 2. The van der Waals surface area contributed by atoms with Crippen molar-refractivity contribution in [2.24, 2.45) is 0 Å². The van der Waals surface area contributed by atoms with Crippen LogP contribution in [0.15, 0.2) is 24.4 Å². The van der Waals surface area contributed by atoms with E-state index in [0.717, 1.165) is 5.56 Å². The van der Waals surface area contributed by atoms with Gasteiger partial charge in [-0.15, -0.1) is 0 Å². The molecule has 0 bridgehead atoms. The number of hydrogen-bond donors (Lipinski definition) is 2. The van der Waals surface area contributed by atoms with Crippen LogP contribution in [0.4, 0.5) is 5.69 Å². The molecular formula is C16H17N3O4. The zero-order chi connectivity index (χ0) is 17.0. The van der Waals surface area contributed by atoms with Crippen LogP contribution in [0.2, 0.25) is 0 Å². The molecule has 0 fully saturated rings. The van der Waals surface area contributed by atoms with Crippen LogP contribution in [-0.2, 0) is 11.2 Å². The van der Waals surface area contributed by atoms with E-state index in [1.807, 2.05) is 6.07 Å². The second kappa shape index (κ2) is 6.85. The molecule has 7 heteroatoms. The molecular weight excluding hydrogens is 298 g/mol. The number of nitrogen functional groups attached to an aromatic ring is 1. The smallest absolute Gasteiger partial charge is 0.357 e. The molecule has 0 unspecified atom stereocenters. The highest BCUT2D eigenvalue weighted by Crippen LogP contribution is 2.27. The van der Waals surface area contributed by atoms with Crippen molar-refractivity contribution in [3.63, 3.8) is 0 Å². The fraction of sp³-hybridized carbons (Fsp3) is 0.250. The molecule has 0 amide bonds. The lowest BCUT2D eigenvalue weighted by Gasteiger charge is -2.12. The number of carbonyl (C=O) groups excluding carboxylic acids is 1. The Bertz CT molecular complexity index is 774. The number of benzene rings is 1. The summed E-state index contributed by atoms with van der Waals surface area (Å²) in [5, 5.41) is 18.3. The minimum Gasteiger partial charge on any atom is -0.497 e. The Balaban J connectivity index is 2.68. The lowest BCUT2D eigenvalue weighted by atomic mass is 10.1. The molecule has 2 aromatic rings. The molecule has 7 nitrogen and oxygen atoms in total. The van der Waals surface area contributed by atoms with Crippen molar-refractivity contribution in [2.45, 2.75) is 6.42 Å². The summed E-state index contributed by atoms with van der Waals surface area (Å²) in [5.41, 5.74) is 7.60. The highest BCUT2D eigenvalue weighted by atomic mass is 16.5. The van der Waals surface area contributed by atoms with E-state index in [9.17, 15) is 4.79 Å². The van der Waals surface area contributed by atoms with Crippen LogP contribution in [0.3, 0.4) is 0 Å². The van der Waals surface area contributed by atoms with Crippen LogP contribution in [-0.4, -0.2) is 36.5 Å². The summed E-state index contributed by atoms with van der Waals surface area (Å²) in [6.07, 6.45) is 1.90. The number of aliphatic hydroxyl groups is 1. The largest absolute Gasteiger partial charge is 0.497 e. The number of nitrogens with two attached hydrogens (primary N) is 1. The van der Waals surface area contributed by atoms with Crippen molar-refractivity contribution < 1.29 is 19.4 Å². The molecule has 1 aromatic heterocycles. The molecule has 0 aliphatic heterocycles. The van der Waals surface area contributed by atoms with Crippen LogP contribution in [0.25, 0.3) is 5.69 Å². The van der Waals surface area contributed by atoms with Gasteiger partial charge in [0.1, 0.15) is 11.8 Å². The van der Waals surface area contributed by atoms with Gasteiger partial charge >= 0.3 is 5.97 Å². The molecule has 0 spiro atoms. The minimum atomic E-state index is -0.643. The first-order valence-electron chi connectivity index (χ1n) is 6.84. The maximum Gasteiger partial charge on any atom is 0.357 e. The highest BCUT2D eigenvalue weighted by Gasteiger charge is 2.22. The SMILES string of the molecule is COC(=O)c1c(N)c(C#N)cn1-c1cc(CCO)cc(OC)c1. The summed E-state index contributed by atoms with van der Waals surface area (Å²) in [6, 6.07) is 7.22. The predicted molar refractivity (Wildman–Crippen MR) is 83.6 cm³/mol. The number of aromatic nitrogens is 1. The van der Waals surface area contributed by atoms with E-state index < -0.39 is 5.97 Å². The van der Waals surface area contributed by atoms with Crippen molar-refractivity contribution in [2.75, 3.05) is 26.6 Å². The fourth-order valence-electron chi connectivity index (χ4n) is 2.29. The van der Waals surface area contributed by atoms with Crippen molar-refractivity contribution in [1.29, 1.82) is 5.26 Å². The van der Waals surface area contributed by atoms with Gasteiger partial charge in [-0.05, 0) is 24.1 Å². The van der Waals surface area contributed by atoms with Crippen molar-refractivity contribution in [3.8, 4) is 17.5 Å². The van der Waals surface area contributed by atoms with Crippen molar-refractivity contribution >= 4 is 11.7 Å². The topological polar surface area (TPSA) is 110 Å². The van der Waals surface area contributed by atoms with Crippen LogP contribution in [0.5, 0.6) is 5.75 Å². The summed E-state index contributed by atoms with van der Waals surface area (Å²) < 4.78 is 11.5. The molecule has 0 atom stereocenters. The number of aliphatic hydroxyl groups excluding tert-OH is 1. The van der Waals surface area contributed by atoms with Gasteiger partial charge in [-0.3, -0.25) is 0 Å². The fourth-order valence-corrected chi connectivity index (χ4v) is 2.29. The zero-order valence-electron chi connectivity index (χ0n) is 12.9. The normalized spacial score (nSPS) is 10.2. The zero-order valence-corrected chi connectivity index (χ0v) is 12.9. The first kappa shape index (κ1) is 16.4. The molecule has 0 saturated heterocycles. The van der Waals surface area contributed by atoms with E-state index >= 15 is 0 Å². The Labute approximate surface area is 133 Å². The van der Waals surface area contributed by atoms with Crippen LogP contribution in [0, 0.1) is 11.3 Å². The molecule has 1 aromatic carbocycles. The number of esters is 1. The lowest BCUT2D eigenvalue weighted by molar-refractivity contribution is 0.0593. The maximum atomic E-state index is 12.0. The third kappa shape index (κ3) is 3.12. The van der Waals surface area contributed by atoms with Gasteiger partial charge < -0.3 is 24.9 Å². The molecule has 0 aliphatic rings. The van der Waals surface area contributed by atoms with E-state index in [4.69, 9.17) is 25.6 Å². The minimum absolute atomic E-state index is 0.0201. The predicted octanol–water partition coefficient (Wildman–Crippen LogP) is 1.26. The number of methoxy groups -OCH3 is 2. The number of rotatable bonds is 5. The molecule has 0 radical (unpaired) electrons. The maximum absolute atomic E-state index is 12.0. The van der Waals surface area contributed by atoms with E-state index in [2.05, 4.69) is 0 Å². The van der Waals surface area contributed by atoms with Crippen molar-refractivity contribution in [1.82, 2.24) is 4.57 Å². The number of carbonyl (C=O) groups is 1. The van der Waals surface area contributed by atoms with E-state index in [0.29, 0.717) is 17.9 Å². The lowest BCUT2D eigenvalue weighted by Crippen LogP contribution is -2.11. The van der Waals surface area contributed by atoms with Gasteiger partial charge in [-0.1, -0.05) is 0 Å². The van der Waals surface area contributed by atoms with Crippen LogP contribution < -0.4 is 10.5 Å². The Morgan fingerprint density at radius 1 is 1.39 bits per heavy atom. The molecule has 1 heterocycles. The number of hydrogen-bond acceptors (Lipinski definition) is 6. The van der Waals surface area contributed by atoms with Gasteiger partial charge in [0.15, 0.2) is 5.69 Å². The van der Waals surface area contributed by atoms with Crippen LogP contribution in [0.1, 0.15) is 21.6 Å². The van der Waals surface area contributed by atoms with Gasteiger partial charge in [0.25, 0.3) is 0 Å². The summed E-state index contributed by atoms with van der Waals surface area (Å²) in [6.45, 7) is -0.0201. The Hall–Kier alpha value is -2.98. The molecule has 3 N–H and O–H groups in total. The van der Waals surface area contributed by atoms with E-state index in [1.165, 1.54) is 25.0 Å². The molecule has 2 rings (SSSR count). The molecule has 120 valence electrons. The molecule has 0 aliphatic carbocycles. The van der Waals surface area contributed by atoms with Gasteiger partial charge in [-0.2, -0.15) is 5.26 Å². The summed E-state index contributed by atoms with van der Waals surface area (Å²) in [5.74, 6) is -0.0805. The third-order valence-corrected chi connectivity index (χ3v) is 3.41. The molecule has 0 saturated carbocycles. The first-order valence-corrected chi connectivity index (χ1v) is 6.84. The number of anilines is 1. The highest BCUT2D eigenvalue weighted by molar-refractivity contribution is 5.96. The standard InChI is InChI=1S/C16H17N3O4/c1-22-13-6-10(3-4-20)5-12(7-13)19-9-11(8-17)14(18)15(19)16(21)23-2/h5-7,9,20H,3-4,18H2,1-2H3. The van der Waals surface area contributed by atoms with E-state index in [1.54, 1.807) is 18.2 Å². The number of nitriles is 1. The first-order chi connectivity index (χ1) is 11.0. The second-order valence-electron chi connectivity index (χ2n) is 4.79. The Kier molecular flexibility index (Phi) is 4.88. The van der Waals surface area contributed by atoms with Gasteiger partial charge in [-0.25, -0.2) is 4.79 Å².